The van der Waals surface area contributed by atoms with Crippen molar-refractivity contribution in [3.8, 4) is 0 Å². The van der Waals surface area contributed by atoms with Crippen molar-refractivity contribution in [1.82, 2.24) is 20.2 Å². The number of nitrogens with one attached hydrogen (secondary N) is 2. The monoisotopic (exact) mass is 252 g/mol. The van der Waals surface area contributed by atoms with Gasteiger partial charge in [-0.25, -0.2) is 4.98 Å². The molecule has 1 amide bonds. The first-order chi connectivity index (χ1) is 8.61. The van der Waals surface area contributed by atoms with E-state index >= 15 is 0 Å². The average molecular weight is 252 g/mol. The number of carbonyl (C=O) groups is 1. The number of hydrogen-bond acceptors (Lipinski definition) is 3. The fourth-order valence-electron chi connectivity index (χ4n) is 1.63. The molecule has 1 heterocycles. The van der Waals surface area contributed by atoms with Crippen molar-refractivity contribution in [1.29, 1.82) is 0 Å². The van der Waals surface area contributed by atoms with Gasteiger partial charge in [-0.3, -0.25) is 4.79 Å². The van der Waals surface area contributed by atoms with E-state index in [0.717, 1.165) is 18.8 Å². The summed E-state index contributed by atoms with van der Waals surface area (Å²) < 4.78 is 1.96. The lowest BCUT2D eigenvalue weighted by Gasteiger charge is -2.05. The molecular weight excluding hydrogens is 228 g/mol. The predicted octanol–water partition coefficient (Wildman–Crippen LogP) is 1.15. The van der Waals surface area contributed by atoms with Crippen molar-refractivity contribution < 1.29 is 4.79 Å². The van der Waals surface area contributed by atoms with Crippen LogP contribution in [0.1, 0.15) is 32.9 Å². The summed E-state index contributed by atoms with van der Waals surface area (Å²) in [7, 11) is 0. The number of carbonyl (C=O) groups excluding carboxylic acids is 1. The molecular formula is C13H24N4O. The van der Waals surface area contributed by atoms with Crippen LogP contribution in [0.5, 0.6) is 0 Å². The lowest BCUT2D eigenvalue weighted by Crippen LogP contribution is -2.23. The molecule has 0 radical (unpaired) electrons. The number of amides is 1. The predicted molar refractivity (Wildman–Crippen MR) is 72.1 cm³/mol. The van der Waals surface area contributed by atoms with E-state index in [0.29, 0.717) is 25.4 Å². The van der Waals surface area contributed by atoms with Crippen molar-refractivity contribution >= 4 is 5.91 Å². The smallest absolute Gasteiger partial charge is 0.221 e. The molecule has 0 aliphatic rings. The van der Waals surface area contributed by atoms with E-state index in [-0.39, 0.29) is 5.91 Å². The van der Waals surface area contributed by atoms with Crippen LogP contribution in [0.25, 0.3) is 0 Å². The number of rotatable bonds is 8. The first kappa shape index (κ1) is 14.7. The molecule has 5 heteroatoms. The Morgan fingerprint density at radius 3 is 2.94 bits per heavy atom. The molecule has 0 bridgehead atoms. The molecule has 0 atom stereocenters. The first-order valence-electron chi connectivity index (χ1n) is 6.60. The van der Waals surface area contributed by atoms with Gasteiger partial charge in [0.25, 0.3) is 0 Å². The zero-order valence-corrected chi connectivity index (χ0v) is 11.6. The molecule has 0 fully saturated rings. The molecule has 1 aromatic heterocycles. The Labute approximate surface area is 109 Å². The molecule has 0 saturated carbocycles. The molecule has 2 N–H and O–H groups in total. The summed E-state index contributed by atoms with van der Waals surface area (Å²) in [6.45, 7) is 9.43. The molecule has 1 aromatic rings. The van der Waals surface area contributed by atoms with Gasteiger partial charge in [0, 0.05) is 32.3 Å². The Morgan fingerprint density at radius 2 is 2.28 bits per heavy atom. The second-order valence-electron chi connectivity index (χ2n) is 4.83. The van der Waals surface area contributed by atoms with Crippen LogP contribution in [-0.4, -0.2) is 28.5 Å². The lowest BCUT2D eigenvalue weighted by atomic mass is 10.2. The minimum Gasteiger partial charge on any atom is -0.356 e. The second-order valence-corrected chi connectivity index (χ2v) is 4.83. The summed E-state index contributed by atoms with van der Waals surface area (Å²) in [6, 6.07) is 0. The van der Waals surface area contributed by atoms with E-state index in [1.165, 1.54) is 0 Å². The summed E-state index contributed by atoms with van der Waals surface area (Å²) >= 11 is 0. The van der Waals surface area contributed by atoms with Crippen LogP contribution in [-0.2, 0) is 17.9 Å². The summed E-state index contributed by atoms with van der Waals surface area (Å²) in [4.78, 5) is 15.6. The van der Waals surface area contributed by atoms with Crippen LogP contribution in [0.15, 0.2) is 12.5 Å². The third-order valence-corrected chi connectivity index (χ3v) is 2.52. The molecule has 1 rings (SSSR count). The van der Waals surface area contributed by atoms with Gasteiger partial charge in [0.15, 0.2) is 0 Å². The molecule has 0 saturated heterocycles. The fourth-order valence-corrected chi connectivity index (χ4v) is 1.63. The van der Waals surface area contributed by atoms with Crippen LogP contribution >= 0.6 is 0 Å². The van der Waals surface area contributed by atoms with Gasteiger partial charge in [-0.15, -0.1) is 0 Å². The Hall–Kier alpha value is -1.36. The first-order valence-corrected chi connectivity index (χ1v) is 6.60. The number of aryl methyl sites for hydroxylation is 1. The topological polar surface area (TPSA) is 59.0 Å². The van der Waals surface area contributed by atoms with E-state index in [1.807, 2.05) is 17.7 Å². The zero-order chi connectivity index (χ0) is 13.4. The van der Waals surface area contributed by atoms with Crippen molar-refractivity contribution in [3.05, 3.63) is 18.2 Å². The molecule has 0 aromatic carbocycles. The summed E-state index contributed by atoms with van der Waals surface area (Å²) in [5.74, 6) is 0.732. The van der Waals surface area contributed by atoms with Gasteiger partial charge in [0.05, 0.1) is 12.0 Å². The largest absolute Gasteiger partial charge is 0.356 e. The van der Waals surface area contributed by atoms with Gasteiger partial charge in [0.1, 0.15) is 0 Å². The molecule has 18 heavy (non-hydrogen) atoms. The van der Waals surface area contributed by atoms with Gasteiger partial charge in [0.2, 0.25) is 5.91 Å². The highest BCUT2D eigenvalue weighted by Crippen LogP contribution is 1.98. The highest BCUT2D eigenvalue weighted by Gasteiger charge is 2.02. The maximum Gasteiger partial charge on any atom is 0.221 e. The molecule has 102 valence electrons. The minimum absolute atomic E-state index is 0.0886. The van der Waals surface area contributed by atoms with E-state index in [9.17, 15) is 4.79 Å². The SMILES string of the molecule is CCNC(=O)CCn1cnc(CNCC(C)C)c1. The van der Waals surface area contributed by atoms with Crippen molar-refractivity contribution in [2.24, 2.45) is 5.92 Å². The Kier molecular flexibility index (Phi) is 6.43. The van der Waals surface area contributed by atoms with E-state index in [1.54, 1.807) is 6.33 Å². The van der Waals surface area contributed by atoms with Gasteiger partial charge >= 0.3 is 0 Å². The van der Waals surface area contributed by atoms with Crippen LogP contribution in [0.2, 0.25) is 0 Å². The number of nitrogens with zero attached hydrogens (tertiary/aromatic N) is 2. The van der Waals surface area contributed by atoms with Crippen LogP contribution < -0.4 is 10.6 Å². The van der Waals surface area contributed by atoms with Gasteiger partial charge in [-0.05, 0) is 19.4 Å². The zero-order valence-electron chi connectivity index (χ0n) is 11.6. The van der Waals surface area contributed by atoms with E-state index in [4.69, 9.17) is 0 Å². The van der Waals surface area contributed by atoms with Gasteiger partial charge < -0.3 is 15.2 Å². The van der Waals surface area contributed by atoms with Crippen molar-refractivity contribution in [2.45, 2.75) is 40.3 Å². The Bertz CT molecular complexity index is 360. The summed E-state index contributed by atoms with van der Waals surface area (Å²) in [5, 5.41) is 6.13. The molecule has 5 nitrogen and oxygen atoms in total. The average Bonchev–Trinajstić information content (AvgIpc) is 2.74. The molecule has 0 unspecified atom stereocenters. The molecule has 0 aliphatic heterocycles. The quantitative estimate of drug-likeness (QED) is 0.730. The number of imidazole rings is 1. The van der Waals surface area contributed by atoms with Crippen LogP contribution in [0, 0.1) is 5.92 Å². The van der Waals surface area contributed by atoms with Crippen molar-refractivity contribution in [2.75, 3.05) is 13.1 Å². The van der Waals surface area contributed by atoms with Gasteiger partial charge in [-0.2, -0.15) is 0 Å². The fraction of sp³-hybridized carbons (Fsp3) is 0.692. The number of aromatic nitrogens is 2. The number of hydrogen-bond donors (Lipinski definition) is 2. The molecule has 0 spiro atoms. The van der Waals surface area contributed by atoms with Crippen molar-refractivity contribution in [3.63, 3.8) is 0 Å². The minimum atomic E-state index is 0.0886. The van der Waals surface area contributed by atoms with E-state index < -0.39 is 0 Å². The van der Waals surface area contributed by atoms with Gasteiger partial charge in [-0.1, -0.05) is 13.8 Å². The highest BCUT2D eigenvalue weighted by atomic mass is 16.1. The highest BCUT2D eigenvalue weighted by molar-refractivity contribution is 5.75. The molecule has 0 aliphatic carbocycles. The van der Waals surface area contributed by atoms with E-state index in [2.05, 4.69) is 29.5 Å². The standard InChI is InChI=1S/C13H24N4O/c1-4-15-13(18)5-6-17-9-12(16-10-17)8-14-7-11(2)3/h9-11,14H,4-8H2,1-3H3,(H,15,18). The maximum absolute atomic E-state index is 11.3. The summed E-state index contributed by atoms with van der Waals surface area (Å²) in [6.07, 6.45) is 4.28. The van der Waals surface area contributed by atoms with Crippen LogP contribution in [0.4, 0.5) is 0 Å². The normalized spacial score (nSPS) is 10.9. The van der Waals surface area contributed by atoms with Crippen LogP contribution in [0.3, 0.4) is 0 Å². The Morgan fingerprint density at radius 1 is 1.50 bits per heavy atom. The third kappa shape index (κ3) is 5.82. The second kappa shape index (κ2) is 7.87. The summed E-state index contributed by atoms with van der Waals surface area (Å²) in [5.41, 5.74) is 1.02. The third-order valence-electron chi connectivity index (χ3n) is 2.52. The Balaban J connectivity index is 2.27. The lowest BCUT2D eigenvalue weighted by molar-refractivity contribution is -0.121. The maximum atomic E-state index is 11.3.